The van der Waals surface area contributed by atoms with Crippen molar-refractivity contribution in [2.24, 2.45) is 0 Å². The summed E-state index contributed by atoms with van der Waals surface area (Å²) in [7, 11) is 1.71. The highest BCUT2D eigenvalue weighted by Gasteiger charge is 2.20. The van der Waals surface area contributed by atoms with Crippen LogP contribution in [0.5, 0.6) is 5.75 Å². The predicted molar refractivity (Wildman–Crippen MR) is 75.5 cm³/mol. The highest BCUT2D eigenvalue weighted by molar-refractivity contribution is 7.18. The molecule has 1 saturated heterocycles. The molecule has 0 aliphatic carbocycles. The molecule has 0 bridgehead atoms. The van der Waals surface area contributed by atoms with E-state index in [4.69, 9.17) is 9.72 Å². The lowest BCUT2D eigenvalue weighted by Crippen LogP contribution is -2.26. The average molecular weight is 262 g/mol. The molecule has 1 aliphatic heterocycles. The van der Waals surface area contributed by atoms with Crippen molar-refractivity contribution in [3.8, 4) is 5.75 Å². The van der Waals surface area contributed by atoms with Crippen LogP contribution in [-0.2, 0) is 0 Å². The number of piperidine rings is 1. The first-order chi connectivity index (χ1) is 8.79. The minimum absolute atomic E-state index is 0.431. The molecule has 1 unspecified atom stereocenters. The van der Waals surface area contributed by atoms with Crippen molar-refractivity contribution in [3.05, 3.63) is 22.7 Å². The molecule has 1 atom stereocenters. The molecule has 1 fully saturated rings. The third-order valence-corrected chi connectivity index (χ3v) is 4.85. The van der Waals surface area contributed by atoms with Crippen LogP contribution in [0.2, 0.25) is 0 Å². The fourth-order valence-corrected chi connectivity index (χ4v) is 3.66. The fraction of sp³-hybridized carbons (Fsp3) is 0.500. The molecule has 1 aromatic heterocycles. The van der Waals surface area contributed by atoms with E-state index < -0.39 is 0 Å². The fourth-order valence-electron chi connectivity index (χ4n) is 2.50. The zero-order chi connectivity index (χ0) is 12.5. The first-order valence-electron chi connectivity index (χ1n) is 6.47. The minimum atomic E-state index is 0.431. The van der Waals surface area contributed by atoms with Gasteiger partial charge < -0.3 is 10.1 Å². The molecule has 1 aromatic carbocycles. The molecule has 2 aromatic rings. The van der Waals surface area contributed by atoms with E-state index in [0.29, 0.717) is 6.04 Å². The van der Waals surface area contributed by atoms with E-state index >= 15 is 0 Å². The molecule has 3 rings (SSSR count). The zero-order valence-corrected chi connectivity index (χ0v) is 11.6. The van der Waals surface area contributed by atoms with Gasteiger partial charge in [0.05, 0.1) is 17.9 Å². The molecule has 0 spiro atoms. The molecule has 4 heteroatoms. The molecule has 2 heterocycles. The number of rotatable bonds is 2. The third-order valence-electron chi connectivity index (χ3n) is 3.55. The second-order valence-corrected chi connectivity index (χ2v) is 5.85. The number of benzene rings is 1. The lowest BCUT2D eigenvalue weighted by atomic mass is 10.1. The van der Waals surface area contributed by atoms with Crippen LogP contribution in [-0.4, -0.2) is 18.6 Å². The molecular weight excluding hydrogens is 244 g/mol. The Morgan fingerprint density at radius 3 is 3.00 bits per heavy atom. The van der Waals surface area contributed by atoms with Crippen LogP contribution in [0, 0.1) is 6.92 Å². The standard InChI is InChI=1S/C14H18N2OS/c1-9-6-7-11(17-2)12-13(9)18-14(16-12)10-5-3-4-8-15-10/h6-7,10,15H,3-5,8H2,1-2H3. The number of hydrogen-bond donors (Lipinski definition) is 1. The first kappa shape index (κ1) is 11.9. The summed E-state index contributed by atoms with van der Waals surface area (Å²) >= 11 is 1.81. The summed E-state index contributed by atoms with van der Waals surface area (Å²) in [5.74, 6) is 0.883. The smallest absolute Gasteiger partial charge is 0.145 e. The van der Waals surface area contributed by atoms with E-state index in [9.17, 15) is 0 Å². The van der Waals surface area contributed by atoms with E-state index in [-0.39, 0.29) is 0 Å². The number of methoxy groups -OCH3 is 1. The predicted octanol–water partition coefficient (Wildman–Crippen LogP) is 3.43. The molecular formula is C14H18N2OS. The highest BCUT2D eigenvalue weighted by atomic mass is 32.1. The summed E-state index contributed by atoms with van der Waals surface area (Å²) in [6.07, 6.45) is 3.77. The normalized spacial score (nSPS) is 20.2. The zero-order valence-electron chi connectivity index (χ0n) is 10.8. The Hall–Kier alpha value is -1.13. The average Bonchev–Trinajstić information content (AvgIpc) is 2.86. The Bertz CT molecular complexity index is 558. The molecule has 0 radical (unpaired) electrons. The van der Waals surface area contributed by atoms with Gasteiger partial charge in [-0.25, -0.2) is 4.98 Å². The quantitative estimate of drug-likeness (QED) is 0.900. The second-order valence-electron chi connectivity index (χ2n) is 4.82. The van der Waals surface area contributed by atoms with Crippen LogP contribution in [0.4, 0.5) is 0 Å². The number of aryl methyl sites for hydroxylation is 1. The van der Waals surface area contributed by atoms with E-state index in [1.165, 1.54) is 34.5 Å². The van der Waals surface area contributed by atoms with Crippen molar-refractivity contribution >= 4 is 21.6 Å². The Kier molecular flexibility index (Phi) is 3.22. The first-order valence-corrected chi connectivity index (χ1v) is 7.28. The Morgan fingerprint density at radius 2 is 2.28 bits per heavy atom. The van der Waals surface area contributed by atoms with Crippen molar-refractivity contribution < 1.29 is 4.74 Å². The second kappa shape index (κ2) is 4.86. The number of nitrogens with zero attached hydrogens (tertiary/aromatic N) is 1. The Morgan fingerprint density at radius 1 is 1.39 bits per heavy atom. The van der Waals surface area contributed by atoms with Crippen LogP contribution in [0.15, 0.2) is 12.1 Å². The van der Waals surface area contributed by atoms with E-state index in [0.717, 1.165) is 17.8 Å². The third kappa shape index (κ3) is 1.99. The SMILES string of the molecule is COc1ccc(C)c2sc(C3CCCCN3)nc12. The van der Waals surface area contributed by atoms with Crippen molar-refractivity contribution in [3.63, 3.8) is 0 Å². The molecule has 1 N–H and O–H groups in total. The summed E-state index contributed by atoms with van der Waals surface area (Å²) < 4.78 is 6.67. The van der Waals surface area contributed by atoms with Gasteiger partial charge in [0.2, 0.25) is 0 Å². The maximum Gasteiger partial charge on any atom is 0.145 e. The number of nitrogens with one attached hydrogen (secondary N) is 1. The van der Waals surface area contributed by atoms with E-state index in [2.05, 4.69) is 18.3 Å². The summed E-state index contributed by atoms with van der Waals surface area (Å²) in [6, 6.07) is 4.55. The molecule has 0 amide bonds. The van der Waals surface area contributed by atoms with Crippen LogP contribution >= 0.6 is 11.3 Å². The van der Waals surface area contributed by atoms with Crippen molar-refractivity contribution in [1.29, 1.82) is 0 Å². The highest BCUT2D eigenvalue weighted by Crippen LogP contribution is 2.36. The minimum Gasteiger partial charge on any atom is -0.494 e. The van der Waals surface area contributed by atoms with Crippen molar-refractivity contribution in [2.75, 3.05) is 13.7 Å². The van der Waals surface area contributed by atoms with Gasteiger partial charge in [-0.3, -0.25) is 0 Å². The molecule has 3 nitrogen and oxygen atoms in total. The number of ether oxygens (including phenoxy) is 1. The van der Waals surface area contributed by atoms with Crippen LogP contribution < -0.4 is 10.1 Å². The lowest BCUT2D eigenvalue weighted by Gasteiger charge is -2.20. The van der Waals surface area contributed by atoms with Gasteiger partial charge in [0.25, 0.3) is 0 Å². The number of hydrogen-bond acceptors (Lipinski definition) is 4. The Balaban J connectivity index is 2.06. The van der Waals surface area contributed by atoms with Crippen LogP contribution in [0.3, 0.4) is 0 Å². The maximum absolute atomic E-state index is 5.41. The molecule has 1 aliphatic rings. The molecule has 0 saturated carbocycles. The Labute approximate surface area is 111 Å². The summed E-state index contributed by atoms with van der Waals surface area (Å²) in [5.41, 5.74) is 2.30. The van der Waals surface area contributed by atoms with Crippen molar-refractivity contribution in [2.45, 2.75) is 32.2 Å². The number of fused-ring (bicyclic) bond motifs is 1. The lowest BCUT2D eigenvalue weighted by molar-refractivity contribution is 0.409. The summed E-state index contributed by atoms with van der Waals surface area (Å²) in [4.78, 5) is 4.80. The van der Waals surface area contributed by atoms with Crippen LogP contribution in [0.1, 0.15) is 35.9 Å². The summed E-state index contributed by atoms with van der Waals surface area (Å²) in [6.45, 7) is 3.24. The van der Waals surface area contributed by atoms with Gasteiger partial charge in [-0.15, -0.1) is 11.3 Å². The summed E-state index contributed by atoms with van der Waals surface area (Å²) in [5, 5.41) is 4.77. The van der Waals surface area contributed by atoms with Gasteiger partial charge in [0.1, 0.15) is 16.3 Å². The van der Waals surface area contributed by atoms with Gasteiger partial charge in [-0.2, -0.15) is 0 Å². The topological polar surface area (TPSA) is 34.1 Å². The molecule has 18 heavy (non-hydrogen) atoms. The molecule has 96 valence electrons. The van der Waals surface area contributed by atoms with Crippen LogP contribution in [0.25, 0.3) is 10.2 Å². The van der Waals surface area contributed by atoms with E-state index in [1.807, 2.05) is 6.07 Å². The van der Waals surface area contributed by atoms with E-state index in [1.54, 1.807) is 18.4 Å². The maximum atomic E-state index is 5.41. The van der Waals surface area contributed by atoms with Gasteiger partial charge in [-0.05, 0) is 37.9 Å². The van der Waals surface area contributed by atoms with Gasteiger partial charge in [0, 0.05) is 0 Å². The van der Waals surface area contributed by atoms with Gasteiger partial charge in [-0.1, -0.05) is 12.5 Å². The largest absolute Gasteiger partial charge is 0.494 e. The number of thiazole rings is 1. The van der Waals surface area contributed by atoms with Gasteiger partial charge in [0.15, 0.2) is 0 Å². The monoisotopic (exact) mass is 262 g/mol. The number of aromatic nitrogens is 1. The van der Waals surface area contributed by atoms with Crippen molar-refractivity contribution in [1.82, 2.24) is 10.3 Å². The van der Waals surface area contributed by atoms with Gasteiger partial charge >= 0.3 is 0 Å².